The first-order valence-electron chi connectivity index (χ1n) is 3.81. The topological polar surface area (TPSA) is 74.6 Å². The van der Waals surface area contributed by atoms with Gasteiger partial charge in [0.05, 0.1) is 0 Å². The van der Waals surface area contributed by atoms with Crippen LogP contribution < -0.4 is 0 Å². The van der Waals surface area contributed by atoms with Gasteiger partial charge >= 0.3 is 11.9 Å². The molecule has 0 fully saturated rings. The summed E-state index contributed by atoms with van der Waals surface area (Å²) < 4.78 is 0. The highest BCUT2D eigenvalue weighted by Crippen LogP contribution is 1.81. The van der Waals surface area contributed by atoms with Crippen LogP contribution in [0.1, 0.15) is 6.92 Å². The van der Waals surface area contributed by atoms with Crippen LogP contribution >= 0.6 is 0 Å². The molecule has 0 saturated heterocycles. The van der Waals surface area contributed by atoms with Crippen molar-refractivity contribution in [3.05, 3.63) is 50.1 Å². The van der Waals surface area contributed by atoms with E-state index in [0.717, 1.165) is 6.08 Å². The maximum atomic E-state index is 9.60. The maximum Gasteiger partial charge on any atom is 0.330 e. The van der Waals surface area contributed by atoms with Crippen molar-refractivity contribution in [2.45, 2.75) is 6.92 Å². The molecule has 0 atom stereocenters. The number of carboxylic acid groups (broad SMARTS) is 2. The van der Waals surface area contributed by atoms with E-state index in [9.17, 15) is 9.59 Å². The third-order valence-corrected chi connectivity index (χ3v) is 0.706. The molecule has 4 nitrogen and oxygen atoms in total. The average molecular weight is 212 g/mol. The van der Waals surface area contributed by atoms with E-state index in [4.69, 9.17) is 10.2 Å². The third kappa shape index (κ3) is 48.6. The Morgan fingerprint density at radius 2 is 1.27 bits per heavy atom. The third-order valence-electron chi connectivity index (χ3n) is 0.706. The highest BCUT2D eigenvalue weighted by Gasteiger charge is 1.90. The number of hydrogen-bond donors (Lipinski definition) is 2. The van der Waals surface area contributed by atoms with E-state index >= 15 is 0 Å². The molecule has 0 saturated carbocycles. The number of rotatable bonds is 3. The maximum absolute atomic E-state index is 9.60. The Hall–Kier alpha value is -2.10. The minimum atomic E-state index is -0.981. The summed E-state index contributed by atoms with van der Waals surface area (Å²) in [5, 5.41) is 15.5. The van der Waals surface area contributed by atoms with Crippen molar-refractivity contribution in [3.8, 4) is 0 Å². The summed E-state index contributed by atoms with van der Waals surface area (Å²) in [4.78, 5) is 18.8. The molecule has 15 heavy (non-hydrogen) atoms. The van der Waals surface area contributed by atoms with E-state index < -0.39 is 11.9 Å². The van der Waals surface area contributed by atoms with Crippen molar-refractivity contribution >= 4 is 11.9 Å². The molecule has 0 aromatic carbocycles. The van der Waals surface area contributed by atoms with E-state index in [2.05, 4.69) is 26.3 Å². The fraction of sp³-hybridized carbons (Fsp3) is 0.0909. The van der Waals surface area contributed by atoms with E-state index in [-0.39, 0.29) is 5.57 Å². The first-order chi connectivity index (χ1) is 6.83. The van der Waals surface area contributed by atoms with E-state index in [1.165, 1.54) is 6.92 Å². The van der Waals surface area contributed by atoms with Crippen LogP contribution in [0.3, 0.4) is 0 Å². The molecular formula is C11H16O4. The van der Waals surface area contributed by atoms with Crippen molar-refractivity contribution in [3.63, 3.8) is 0 Å². The van der Waals surface area contributed by atoms with Gasteiger partial charge in [-0.3, -0.25) is 0 Å². The SMILES string of the molecule is C=C(C)C(=O)O.C=CC(=O)O.C=CC=C. The second-order valence-electron chi connectivity index (χ2n) is 2.10. The molecule has 0 aromatic heterocycles. The summed E-state index contributed by atoms with van der Waals surface area (Å²) in [6, 6.07) is 0. The quantitative estimate of drug-likeness (QED) is 0.555. The van der Waals surface area contributed by atoms with Crippen LogP contribution in [0.5, 0.6) is 0 Å². The smallest absolute Gasteiger partial charge is 0.330 e. The Bertz CT molecular complexity index is 233. The van der Waals surface area contributed by atoms with Crippen LogP contribution in [0.4, 0.5) is 0 Å². The second-order valence-corrected chi connectivity index (χ2v) is 2.10. The lowest BCUT2D eigenvalue weighted by Crippen LogP contribution is -1.92. The van der Waals surface area contributed by atoms with E-state index in [1.807, 2.05) is 0 Å². The second kappa shape index (κ2) is 14.4. The van der Waals surface area contributed by atoms with Crippen LogP contribution in [0, 0.1) is 0 Å². The number of hydrogen-bond acceptors (Lipinski definition) is 2. The molecule has 0 amide bonds. The molecule has 0 heterocycles. The zero-order valence-electron chi connectivity index (χ0n) is 8.77. The van der Waals surface area contributed by atoms with Gasteiger partial charge < -0.3 is 10.2 Å². The summed E-state index contributed by atoms with van der Waals surface area (Å²) in [5.41, 5.74) is 0.176. The zero-order chi connectivity index (χ0) is 12.9. The van der Waals surface area contributed by atoms with Crippen LogP contribution in [0.2, 0.25) is 0 Å². The summed E-state index contributed by atoms with van der Waals surface area (Å²) in [6.07, 6.45) is 4.11. The lowest BCUT2D eigenvalue weighted by atomic mass is 10.4. The van der Waals surface area contributed by atoms with Crippen molar-refractivity contribution in [1.82, 2.24) is 0 Å². The van der Waals surface area contributed by atoms with Crippen molar-refractivity contribution in [2.75, 3.05) is 0 Å². The van der Waals surface area contributed by atoms with Crippen LogP contribution in [-0.4, -0.2) is 22.2 Å². The van der Waals surface area contributed by atoms with Gasteiger partial charge in [0.1, 0.15) is 0 Å². The van der Waals surface area contributed by atoms with Gasteiger partial charge in [-0.1, -0.05) is 38.5 Å². The predicted octanol–water partition coefficient (Wildman–Crippen LogP) is 2.26. The van der Waals surface area contributed by atoms with Gasteiger partial charge in [0.15, 0.2) is 0 Å². The van der Waals surface area contributed by atoms with Gasteiger partial charge in [0.25, 0.3) is 0 Å². The van der Waals surface area contributed by atoms with Crippen LogP contribution in [0.15, 0.2) is 50.1 Å². The van der Waals surface area contributed by atoms with Crippen LogP contribution in [0.25, 0.3) is 0 Å². The molecule has 4 heteroatoms. The van der Waals surface area contributed by atoms with E-state index in [0.29, 0.717) is 0 Å². The largest absolute Gasteiger partial charge is 0.478 e. The summed E-state index contributed by atoms with van der Waals surface area (Å²) in [5.74, 6) is -1.92. The number of allylic oxidation sites excluding steroid dienone is 2. The van der Waals surface area contributed by atoms with Crippen molar-refractivity contribution < 1.29 is 19.8 Å². The molecule has 0 bridgehead atoms. The van der Waals surface area contributed by atoms with E-state index in [1.54, 1.807) is 12.2 Å². The predicted molar refractivity (Wildman–Crippen MR) is 60.7 cm³/mol. The molecule has 0 aliphatic rings. The highest BCUT2D eigenvalue weighted by molar-refractivity contribution is 5.84. The molecular weight excluding hydrogens is 196 g/mol. The molecule has 0 rings (SSSR count). The molecule has 0 aromatic rings. The molecule has 0 spiro atoms. The zero-order valence-corrected chi connectivity index (χ0v) is 8.77. The van der Waals surface area contributed by atoms with Gasteiger partial charge in [0.2, 0.25) is 0 Å². The van der Waals surface area contributed by atoms with Crippen molar-refractivity contribution in [1.29, 1.82) is 0 Å². The van der Waals surface area contributed by atoms with Crippen molar-refractivity contribution in [2.24, 2.45) is 0 Å². The normalized spacial score (nSPS) is 6.47. The average Bonchev–Trinajstić information content (AvgIpc) is 2.19. The minimum absolute atomic E-state index is 0.176. The first kappa shape index (κ1) is 18.6. The fourth-order valence-electron chi connectivity index (χ4n) is 0. The Morgan fingerprint density at radius 3 is 1.27 bits per heavy atom. The summed E-state index contributed by atoms with van der Waals surface area (Å²) in [7, 11) is 0. The summed E-state index contributed by atoms with van der Waals surface area (Å²) in [6.45, 7) is 14.3. The number of carbonyl (C=O) groups is 2. The molecule has 84 valence electrons. The Morgan fingerprint density at radius 1 is 1.07 bits per heavy atom. The first-order valence-corrected chi connectivity index (χ1v) is 3.81. The Kier molecular flexibility index (Phi) is 17.9. The molecule has 0 unspecified atom stereocenters. The standard InChI is InChI=1S/C4H6O2.C4H6.C3H4O2/c1-3(2)4(5)6;1-3-4-2;1-2-3(4)5/h1H2,2H3,(H,5,6);3-4H,1-2H2;2H,1H2,(H,4,5). The molecule has 0 radical (unpaired) electrons. The molecule has 0 aliphatic heterocycles. The number of aliphatic carboxylic acids is 2. The highest BCUT2D eigenvalue weighted by atomic mass is 16.4. The summed E-state index contributed by atoms with van der Waals surface area (Å²) >= 11 is 0. The van der Waals surface area contributed by atoms with Gasteiger partial charge in [0, 0.05) is 11.6 Å². The van der Waals surface area contributed by atoms with Crippen LogP contribution in [-0.2, 0) is 9.59 Å². The van der Waals surface area contributed by atoms with Gasteiger partial charge in [-0.25, -0.2) is 9.59 Å². The molecule has 2 N–H and O–H groups in total. The van der Waals surface area contributed by atoms with Gasteiger partial charge in [-0.2, -0.15) is 0 Å². The lowest BCUT2D eigenvalue weighted by molar-refractivity contribution is -0.133. The van der Waals surface area contributed by atoms with Gasteiger partial charge in [-0.05, 0) is 6.92 Å². The minimum Gasteiger partial charge on any atom is -0.478 e. The lowest BCUT2D eigenvalue weighted by Gasteiger charge is -1.79. The monoisotopic (exact) mass is 212 g/mol. The van der Waals surface area contributed by atoms with Gasteiger partial charge in [-0.15, -0.1) is 0 Å². The molecule has 0 aliphatic carbocycles. The number of carboxylic acids is 2. The Labute approximate surface area is 89.6 Å². The Balaban J connectivity index is -0.000000147. The fourth-order valence-corrected chi connectivity index (χ4v) is 0.